The number of hydrogen-bond acceptors (Lipinski definition) is 8. The van der Waals surface area contributed by atoms with Crippen LogP contribution in [0.1, 0.15) is 55.1 Å². The van der Waals surface area contributed by atoms with Gasteiger partial charge in [0.05, 0.1) is 36.9 Å². The number of rotatable bonds is 4. The van der Waals surface area contributed by atoms with E-state index in [-0.39, 0.29) is 34.9 Å². The van der Waals surface area contributed by atoms with Gasteiger partial charge in [0.25, 0.3) is 0 Å². The average Bonchev–Trinajstić information content (AvgIpc) is 3.40. The molecule has 8 heteroatoms. The van der Waals surface area contributed by atoms with E-state index in [1.807, 2.05) is 19.9 Å². The summed E-state index contributed by atoms with van der Waals surface area (Å²) in [6.07, 6.45) is 6.02. The molecule has 2 aliphatic carbocycles. The summed E-state index contributed by atoms with van der Waals surface area (Å²) < 4.78 is 22.2. The van der Waals surface area contributed by atoms with Crippen molar-refractivity contribution in [2.24, 2.45) is 28.6 Å². The number of carbonyl (C=O) groups excluding carboxylic acids is 3. The lowest BCUT2D eigenvalue weighted by molar-refractivity contribution is -0.174. The first-order chi connectivity index (χ1) is 17.6. The first-order valence-electron chi connectivity index (χ1n) is 12.3. The van der Waals surface area contributed by atoms with Gasteiger partial charge in [-0.3, -0.25) is 9.59 Å². The zero-order chi connectivity index (χ0) is 26.5. The molecule has 1 aliphatic heterocycles. The molecule has 1 saturated heterocycles. The lowest BCUT2D eigenvalue weighted by atomic mass is 9.44. The van der Waals surface area contributed by atoms with E-state index in [2.05, 4.69) is 6.58 Å². The summed E-state index contributed by atoms with van der Waals surface area (Å²) in [5.41, 5.74) is -0.391. The zero-order valence-corrected chi connectivity index (χ0v) is 21.1. The van der Waals surface area contributed by atoms with E-state index in [1.165, 1.54) is 37.5 Å². The molecule has 0 spiro atoms. The summed E-state index contributed by atoms with van der Waals surface area (Å²) in [5, 5.41) is 9.54. The summed E-state index contributed by atoms with van der Waals surface area (Å²) in [6, 6.07) is 7.36. The summed E-state index contributed by atoms with van der Waals surface area (Å²) in [5.74, 6) is -2.72. The fourth-order valence-corrected chi connectivity index (χ4v) is 6.83. The molecule has 2 heterocycles. The molecule has 3 aliphatic rings. The molecule has 37 heavy (non-hydrogen) atoms. The maximum atomic E-state index is 14.2. The smallest absolute Gasteiger partial charge is 0.343 e. The minimum absolute atomic E-state index is 0.000810. The van der Waals surface area contributed by atoms with Gasteiger partial charge in [-0.05, 0) is 66.5 Å². The molecule has 1 saturated carbocycles. The highest BCUT2D eigenvalue weighted by molar-refractivity contribution is 6.03. The molecule has 0 unspecified atom stereocenters. The number of hydrogen-bond donors (Lipinski definition) is 1. The van der Waals surface area contributed by atoms with Crippen LogP contribution in [0.25, 0.3) is 0 Å². The second-order valence-corrected chi connectivity index (χ2v) is 10.7. The minimum atomic E-state index is -0.788. The van der Waals surface area contributed by atoms with E-state index in [1.54, 1.807) is 12.5 Å². The van der Waals surface area contributed by atoms with Crippen LogP contribution in [0.2, 0.25) is 0 Å². The van der Waals surface area contributed by atoms with Crippen LogP contribution in [-0.2, 0) is 23.8 Å². The molecule has 2 fully saturated rings. The Morgan fingerprint density at radius 2 is 1.86 bits per heavy atom. The van der Waals surface area contributed by atoms with Crippen LogP contribution >= 0.6 is 0 Å². The molecule has 1 aromatic heterocycles. The predicted octanol–water partition coefficient (Wildman–Crippen LogP) is 5.11. The number of aromatic hydroxyl groups is 1. The molecule has 1 N–H and O–H groups in total. The molecule has 194 valence electrons. The van der Waals surface area contributed by atoms with Crippen molar-refractivity contribution in [2.45, 2.75) is 39.2 Å². The van der Waals surface area contributed by atoms with E-state index in [9.17, 15) is 19.5 Å². The van der Waals surface area contributed by atoms with Gasteiger partial charge in [-0.1, -0.05) is 20.4 Å². The first kappa shape index (κ1) is 24.9. The minimum Gasteiger partial charge on any atom is -0.508 e. The SMILES string of the molecule is C=C1O[C@H](c2ccoc2)C[C@]2(C)[C@H]3C(=O)C(OC(=O)c4ccc(O)cc4)=C[C@@H](C(=O)OC)[C@]3(C)CC[C@@H]12. The molecular formula is C29H30O8. The highest BCUT2D eigenvalue weighted by Gasteiger charge is 2.65. The van der Waals surface area contributed by atoms with Crippen LogP contribution in [0.15, 0.2) is 71.4 Å². The number of allylic oxidation sites excluding steroid dienone is 2. The molecule has 6 atom stereocenters. The Balaban J connectivity index is 1.56. The van der Waals surface area contributed by atoms with Crippen LogP contribution in [0, 0.1) is 28.6 Å². The van der Waals surface area contributed by atoms with Crippen molar-refractivity contribution in [3.63, 3.8) is 0 Å². The van der Waals surface area contributed by atoms with Crippen LogP contribution in [0.4, 0.5) is 0 Å². The van der Waals surface area contributed by atoms with E-state index < -0.39 is 34.6 Å². The number of fused-ring (bicyclic) bond motifs is 3. The predicted molar refractivity (Wildman–Crippen MR) is 131 cm³/mol. The molecule has 1 aromatic carbocycles. The quantitative estimate of drug-likeness (QED) is 0.569. The Morgan fingerprint density at radius 3 is 2.51 bits per heavy atom. The largest absolute Gasteiger partial charge is 0.508 e. The van der Waals surface area contributed by atoms with Gasteiger partial charge in [-0.2, -0.15) is 0 Å². The van der Waals surface area contributed by atoms with Gasteiger partial charge >= 0.3 is 11.9 Å². The maximum Gasteiger partial charge on any atom is 0.343 e. The van der Waals surface area contributed by atoms with Crippen molar-refractivity contribution in [2.75, 3.05) is 7.11 Å². The summed E-state index contributed by atoms with van der Waals surface area (Å²) in [6.45, 7) is 8.18. The average molecular weight is 507 g/mol. The fourth-order valence-electron chi connectivity index (χ4n) is 6.83. The molecule has 0 amide bonds. The second kappa shape index (κ2) is 8.94. The molecular weight excluding hydrogens is 476 g/mol. The summed E-state index contributed by atoms with van der Waals surface area (Å²) in [7, 11) is 1.31. The number of phenolic OH excluding ortho intramolecular Hbond substituents is 1. The van der Waals surface area contributed by atoms with Gasteiger partial charge in [0, 0.05) is 17.4 Å². The van der Waals surface area contributed by atoms with E-state index >= 15 is 0 Å². The van der Waals surface area contributed by atoms with E-state index in [4.69, 9.17) is 18.6 Å². The molecule has 5 rings (SSSR count). The van der Waals surface area contributed by atoms with Crippen LogP contribution < -0.4 is 0 Å². The first-order valence-corrected chi connectivity index (χ1v) is 12.3. The number of ether oxygens (including phenoxy) is 3. The van der Waals surface area contributed by atoms with Gasteiger partial charge in [0.15, 0.2) is 5.76 Å². The number of Topliss-reactive ketones (excluding diaryl/α,β-unsaturated/α-hetero) is 1. The number of ketones is 1. The molecule has 0 bridgehead atoms. The van der Waals surface area contributed by atoms with Crippen molar-refractivity contribution in [3.8, 4) is 5.75 Å². The third-order valence-corrected chi connectivity index (χ3v) is 8.60. The maximum absolute atomic E-state index is 14.2. The van der Waals surface area contributed by atoms with Crippen LogP contribution in [-0.4, -0.2) is 29.9 Å². The van der Waals surface area contributed by atoms with E-state index in [0.29, 0.717) is 25.0 Å². The van der Waals surface area contributed by atoms with Crippen molar-refractivity contribution in [3.05, 3.63) is 78.2 Å². The van der Waals surface area contributed by atoms with Crippen molar-refractivity contribution >= 4 is 17.7 Å². The Hall–Kier alpha value is -3.81. The van der Waals surface area contributed by atoms with Gasteiger partial charge in [0.1, 0.15) is 11.9 Å². The Morgan fingerprint density at radius 1 is 1.14 bits per heavy atom. The van der Waals surface area contributed by atoms with Gasteiger partial charge < -0.3 is 23.7 Å². The second-order valence-electron chi connectivity index (χ2n) is 10.7. The number of furan rings is 1. The van der Waals surface area contributed by atoms with Gasteiger partial charge in [-0.25, -0.2) is 4.79 Å². The van der Waals surface area contributed by atoms with Gasteiger partial charge in [-0.15, -0.1) is 0 Å². The fraction of sp³-hybridized carbons (Fsp3) is 0.414. The van der Waals surface area contributed by atoms with Crippen LogP contribution in [0.3, 0.4) is 0 Å². The normalized spacial score (nSPS) is 32.9. The number of carbonyl (C=O) groups is 3. The number of methoxy groups -OCH3 is 1. The van der Waals surface area contributed by atoms with Gasteiger partial charge in [0.2, 0.25) is 5.78 Å². The third-order valence-electron chi connectivity index (χ3n) is 8.60. The van der Waals surface area contributed by atoms with Crippen molar-refractivity contribution in [1.82, 2.24) is 0 Å². The molecule has 0 radical (unpaired) electrons. The van der Waals surface area contributed by atoms with Crippen molar-refractivity contribution in [1.29, 1.82) is 0 Å². The summed E-state index contributed by atoms with van der Waals surface area (Å²) >= 11 is 0. The monoisotopic (exact) mass is 506 g/mol. The highest BCUT2D eigenvalue weighted by Crippen LogP contribution is 2.66. The number of esters is 2. The molecule has 2 aromatic rings. The zero-order valence-electron chi connectivity index (χ0n) is 21.1. The Kier molecular flexibility index (Phi) is 6.01. The lowest BCUT2D eigenvalue weighted by Gasteiger charge is -2.60. The molecule has 8 nitrogen and oxygen atoms in total. The number of benzene rings is 1. The standard InChI is InChI=1S/C29H30O8/c1-16-20-9-11-28(2)21(27(33)34-4)13-22(37-26(32)17-5-7-19(30)8-6-17)24(31)25(28)29(20,3)14-23(36-16)18-10-12-35-15-18/h5-8,10,12-13,15,20-21,23,25,30H,1,9,11,14H2,2-4H3/t20-,21-,23-,25-,28-,29-/m0/s1. The highest BCUT2D eigenvalue weighted by atomic mass is 16.5. The number of phenols is 1. The Labute approximate surface area is 214 Å². The summed E-state index contributed by atoms with van der Waals surface area (Å²) in [4.78, 5) is 40.1. The third kappa shape index (κ3) is 3.95. The van der Waals surface area contributed by atoms with Crippen molar-refractivity contribution < 1.29 is 38.1 Å². The Bertz CT molecular complexity index is 1270. The topological polar surface area (TPSA) is 112 Å². The lowest BCUT2D eigenvalue weighted by Crippen LogP contribution is -2.60. The van der Waals surface area contributed by atoms with Crippen LogP contribution in [0.5, 0.6) is 5.75 Å². The van der Waals surface area contributed by atoms with E-state index in [0.717, 1.165) is 5.56 Å².